The number of methoxy groups -OCH3 is 1. The van der Waals surface area contributed by atoms with Crippen LogP contribution in [0.4, 0.5) is 5.69 Å². The van der Waals surface area contributed by atoms with Crippen LogP contribution in [0, 0.1) is 6.92 Å². The topological polar surface area (TPSA) is 80.1 Å². The van der Waals surface area contributed by atoms with Gasteiger partial charge >= 0.3 is 5.97 Å². The molecular weight excluding hydrogens is 372 g/mol. The van der Waals surface area contributed by atoms with Gasteiger partial charge < -0.3 is 19.0 Å². The van der Waals surface area contributed by atoms with Gasteiger partial charge in [-0.3, -0.25) is 9.59 Å². The van der Waals surface area contributed by atoms with E-state index in [4.69, 9.17) is 9.15 Å². The standard InChI is InChI=1S/C22H24N2O5/c1-15-19(22(27)28-3)13-18(29-15)14-23(2)20(25)11-8-16-6-9-17(10-7-16)24-12-4-5-21(24)26/h6-11,13H,4-5,12,14H2,1-3H3/b11-8+. The average molecular weight is 396 g/mol. The Morgan fingerprint density at radius 1 is 1.28 bits per heavy atom. The number of benzene rings is 1. The number of hydrogen-bond acceptors (Lipinski definition) is 5. The van der Waals surface area contributed by atoms with E-state index in [-0.39, 0.29) is 18.4 Å². The molecule has 3 rings (SSSR count). The number of hydrogen-bond donors (Lipinski definition) is 0. The Morgan fingerprint density at radius 2 is 2.00 bits per heavy atom. The van der Waals surface area contributed by atoms with Gasteiger partial charge in [0.05, 0.1) is 13.7 Å². The molecule has 0 unspecified atom stereocenters. The molecule has 1 saturated heterocycles. The van der Waals surface area contributed by atoms with Crippen LogP contribution < -0.4 is 4.90 Å². The maximum absolute atomic E-state index is 12.4. The Hall–Kier alpha value is -3.35. The van der Waals surface area contributed by atoms with Crippen LogP contribution in [-0.2, 0) is 20.9 Å². The van der Waals surface area contributed by atoms with Crippen molar-refractivity contribution in [3.63, 3.8) is 0 Å². The normalized spacial score (nSPS) is 13.9. The number of carbonyl (C=O) groups excluding carboxylic acids is 3. The summed E-state index contributed by atoms with van der Waals surface area (Å²) < 4.78 is 10.2. The largest absolute Gasteiger partial charge is 0.465 e. The van der Waals surface area contributed by atoms with Gasteiger partial charge in [-0.05, 0) is 43.2 Å². The summed E-state index contributed by atoms with van der Waals surface area (Å²) in [6, 6.07) is 9.12. The average Bonchev–Trinajstić information content (AvgIpc) is 3.31. The zero-order chi connectivity index (χ0) is 21.0. The van der Waals surface area contributed by atoms with E-state index in [1.54, 1.807) is 31.0 Å². The van der Waals surface area contributed by atoms with E-state index in [1.165, 1.54) is 18.1 Å². The minimum Gasteiger partial charge on any atom is -0.465 e. The molecule has 1 aliphatic heterocycles. The van der Waals surface area contributed by atoms with Crippen LogP contribution >= 0.6 is 0 Å². The third kappa shape index (κ3) is 4.74. The summed E-state index contributed by atoms with van der Waals surface area (Å²) in [6.07, 6.45) is 4.69. The second-order valence-corrected chi connectivity index (χ2v) is 6.94. The third-order valence-corrected chi connectivity index (χ3v) is 4.84. The van der Waals surface area contributed by atoms with E-state index in [9.17, 15) is 14.4 Å². The number of likely N-dealkylation sites (N-methyl/N-ethyl adjacent to an activating group) is 1. The van der Waals surface area contributed by atoms with Crippen molar-refractivity contribution in [2.24, 2.45) is 0 Å². The molecule has 0 bridgehead atoms. The lowest BCUT2D eigenvalue weighted by atomic mass is 10.2. The summed E-state index contributed by atoms with van der Waals surface area (Å²) >= 11 is 0. The summed E-state index contributed by atoms with van der Waals surface area (Å²) in [6.45, 7) is 2.66. The first kappa shape index (κ1) is 20.4. The van der Waals surface area contributed by atoms with E-state index in [1.807, 2.05) is 24.3 Å². The fourth-order valence-corrected chi connectivity index (χ4v) is 3.23. The molecule has 7 heteroatoms. The van der Waals surface area contributed by atoms with Crippen LogP contribution in [0.3, 0.4) is 0 Å². The van der Waals surface area contributed by atoms with Gasteiger partial charge in [0.15, 0.2) is 0 Å². The van der Waals surface area contributed by atoms with Gasteiger partial charge in [-0.1, -0.05) is 12.1 Å². The Morgan fingerprint density at radius 3 is 2.62 bits per heavy atom. The lowest BCUT2D eigenvalue weighted by Gasteiger charge is -2.15. The fourth-order valence-electron chi connectivity index (χ4n) is 3.23. The van der Waals surface area contributed by atoms with E-state index in [0.29, 0.717) is 23.5 Å². The number of carbonyl (C=O) groups is 3. The zero-order valence-electron chi connectivity index (χ0n) is 16.8. The molecule has 1 aliphatic rings. The highest BCUT2D eigenvalue weighted by atomic mass is 16.5. The maximum Gasteiger partial charge on any atom is 0.341 e. The molecule has 1 aromatic heterocycles. The summed E-state index contributed by atoms with van der Waals surface area (Å²) in [7, 11) is 2.97. The molecule has 1 fully saturated rings. The number of amides is 2. The van der Waals surface area contributed by atoms with Crippen molar-refractivity contribution in [1.82, 2.24) is 4.90 Å². The second kappa shape index (κ2) is 8.77. The van der Waals surface area contributed by atoms with Gasteiger partial charge in [-0.2, -0.15) is 0 Å². The monoisotopic (exact) mass is 396 g/mol. The first-order chi connectivity index (χ1) is 13.9. The number of nitrogens with zero attached hydrogens (tertiary/aromatic N) is 2. The molecule has 29 heavy (non-hydrogen) atoms. The Labute approximate surface area is 169 Å². The van der Waals surface area contributed by atoms with Gasteiger partial charge in [-0.15, -0.1) is 0 Å². The van der Waals surface area contributed by atoms with Gasteiger partial charge in [0.1, 0.15) is 17.1 Å². The summed E-state index contributed by atoms with van der Waals surface area (Å²) in [5, 5.41) is 0. The smallest absolute Gasteiger partial charge is 0.341 e. The van der Waals surface area contributed by atoms with Gasteiger partial charge in [0, 0.05) is 31.8 Å². The lowest BCUT2D eigenvalue weighted by molar-refractivity contribution is -0.125. The van der Waals surface area contributed by atoms with Crippen molar-refractivity contribution in [2.45, 2.75) is 26.3 Å². The van der Waals surface area contributed by atoms with Crippen LogP contribution in [-0.4, -0.2) is 43.4 Å². The van der Waals surface area contributed by atoms with Crippen LogP contribution in [0.5, 0.6) is 0 Å². The molecule has 0 aliphatic carbocycles. The highest BCUT2D eigenvalue weighted by molar-refractivity contribution is 5.95. The highest BCUT2D eigenvalue weighted by Gasteiger charge is 2.21. The first-order valence-corrected chi connectivity index (χ1v) is 9.40. The quantitative estimate of drug-likeness (QED) is 0.553. The number of ether oxygens (including phenoxy) is 1. The van der Waals surface area contributed by atoms with E-state index < -0.39 is 5.97 Å². The van der Waals surface area contributed by atoms with Crippen LogP contribution in [0.2, 0.25) is 0 Å². The molecule has 2 aromatic rings. The molecule has 2 amide bonds. The molecule has 7 nitrogen and oxygen atoms in total. The number of rotatable bonds is 6. The van der Waals surface area contributed by atoms with Crippen LogP contribution in [0.25, 0.3) is 6.08 Å². The van der Waals surface area contributed by atoms with Gasteiger partial charge in [0.2, 0.25) is 11.8 Å². The summed E-state index contributed by atoms with van der Waals surface area (Å²) in [4.78, 5) is 39.1. The van der Waals surface area contributed by atoms with E-state index in [0.717, 1.165) is 24.2 Å². The molecule has 1 aromatic carbocycles. The van der Waals surface area contributed by atoms with Crippen molar-refractivity contribution in [2.75, 3.05) is 25.6 Å². The lowest BCUT2D eigenvalue weighted by Crippen LogP contribution is -2.24. The molecule has 0 spiro atoms. The van der Waals surface area contributed by atoms with Crippen molar-refractivity contribution in [3.8, 4) is 0 Å². The van der Waals surface area contributed by atoms with Crippen LogP contribution in [0.1, 0.15) is 40.3 Å². The van der Waals surface area contributed by atoms with Gasteiger partial charge in [-0.25, -0.2) is 4.79 Å². The fraction of sp³-hybridized carbons (Fsp3) is 0.318. The number of furan rings is 1. The molecule has 0 saturated carbocycles. The van der Waals surface area contributed by atoms with E-state index >= 15 is 0 Å². The Bertz CT molecular complexity index is 943. The molecular formula is C22H24N2O5. The van der Waals surface area contributed by atoms with Crippen molar-refractivity contribution >= 4 is 29.5 Å². The predicted molar refractivity (Wildman–Crippen MR) is 108 cm³/mol. The number of anilines is 1. The summed E-state index contributed by atoms with van der Waals surface area (Å²) in [5.41, 5.74) is 2.10. The second-order valence-electron chi connectivity index (χ2n) is 6.94. The molecule has 152 valence electrons. The summed E-state index contributed by atoms with van der Waals surface area (Å²) in [5.74, 6) is 0.447. The van der Waals surface area contributed by atoms with Crippen molar-refractivity contribution in [1.29, 1.82) is 0 Å². The molecule has 0 radical (unpaired) electrons. The number of esters is 1. The third-order valence-electron chi connectivity index (χ3n) is 4.84. The Balaban J connectivity index is 1.60. The van der Waals surface area contributed by atoms with Crippen molar-refractivity contribution < 1.29 is 23.5 Å². The predicted octanol–water partition coefficient (Wildman–Crippen LogP) is 3.17. The Kier molecular flexibility index (Phi) is 6.16. The molecule has 2 heterocycles. The van der Waals surface area contributed by atoms with Gasteiger partial charge in [0.25, 0.3) is 0 Å². The minimum absolute atomic E-state index is 0.147. The van der Waals surface area contributed by atoms with Crippen molar-refractivity contribution in [3.05, 3.63) is 59.1 Å². The zero-order valence-corrected chi connectivity index (χ0v) is 16.8. The maximum atomic E-state index is 12.4. The first-order valence-electron chi connectivity index (χ1n) is 9.40. The minimum atomic E-state index is -0.467. The molecule has 0 N–H and O–H groups in total. The van der Waals surface area contributed by atoms with E-state index in [2.05, 4.69) is 0 Å². The SMILES string of the molecule is COC(=O)c1cc(CN(C)C(=O)/C=C/c2ccc(N3CCCC3=O)cc2)oc1C. The highest BCUT2D eigenvalue weighted by Crippen LogP contribution is 2.22. The van der Waals surface area contributed by atoms with Crippen LogP contribution in [0.15, 0.2) is 40.8 Å². The molecule has 0 atom stereocenters. The number of aryl methyl sites for hydroxylation is 1.